The van der Waals surface area contributed by atoms with E-state index in [9.17, 15) is 4.79 Å². The van der Waals surface area contributed by atoms with Crippen LogP contribution in [0.3, 0.4) is 0 Å². The molecule has 104 valence electrons. The number of hydrogen-bond acceptors (Lipinski definition) is 2. The average molecular weight is 291 g/mol. The van der Waals surface area contributed by atoms with E-state index in [-0.39, 0.29) is 6.42 Å². The third-order valence-electron chi connectivity index (χ3n) is 2.93. The highest BCUT2D eigenvalue weighted by atomic mass is 35.5. The molecule has 0 atom stereocenters. The zero-order valence-electron chi connectivity index (χ0n) is 11.1. The Balaban J connectivity index is 2.14. The van der Waals surface area contributed by atoms with Crippen LogP contribution in [0.4, 0.5) is 0 Å². The highest BCUT2D eigenvalue weighted by molar-refractivity contribution is 6.32. The minimum absolute atomic E-state index is 0.0128. The molecule has 0 bridgehead atoms. The van der Waals surface area contributed by atoms with Gasteiger partial charge in [-0.15, -0.1) is 0 Å². The van der Waals surface area contributed by atoms with Crippen LogP contribution in [-0.2, 0) is 17.8 Å². The Hall–Kier alpha value is -2.00. The molecule has 0 spiro atoms. The number of carbonyl (C=O) groups is 1. The van der Waals surface area contributed by atoms with E-state index in [1.807, 2.05) is 37.3 Å². The molecule has 0 aliphatic carbocycles. The highest BCUT2D eigenvalue weighted by Gasteiger charge is 2.08. The van der Waals surface area contributed by atoms with Crippen LogP contribution >= 0.6 is 11.6 Å². The van der Waals surface area contributed by atoms with E-state index in [1.54, 1.807) is 12.1 Å². The number of halogens is 1. The Morgan fingerprint density at radius 1 is 1.20 bits per heavy atom. The molecule has 0 aliphatic heterocycles. The molecule has 0 heterocycles. The van der Waals surface area contributed by atoms with E-state index in [0.717, 1.165) is 16.7 Å². The summed E-state index contributed by atoms with van der Waals surface area (Å²) in [5.74, 6) is -0.247. The Bertz CT molecular complexity index is 623. The van der Waals surface area contributed by atoms with Crippen molar-refractivity contribution in [2.45, 2.75) is 20.0 Å². The Labute approximate surface area is 122 Å². The maximum atomic E-state index is 10.8. The van der Waals surface area contributed by atoms with Crippen LogP contribution in [0.5, 0.6) is 5.75 Å². The SMILES string of the molecule is Cc1ccc(Cl)c(OCc2ccccc2CC(=O)O)c1. The van der Waals surface area contributed by atoms with Gasteiger partial charge in [-0.1, -0.05) is 41.9 Å². The largest absolute Gasteiger partial charge is 0.487 e. The zero-order chi connectivity index (χ0) is 14.5. The van der Waals surface area contributed by atoms with E-state index in [1.165, 1.54) is 0 Å². The van der Waals surface area contributed by atoms with Gasteiger partial charge in [0.25, 0.3) is 0 Å². The summed E-state index contributed by atoms with van der Waals surface area (Å²) in [4.78, 5) is 10.8. The number of rotatable bonds is 5. The van der Waals surface area contributed by atoms with Crippen molar-refractivity contribution in [1.82, 2.24) is 0 Å². The third-order valence-corrected chi connectivity index (χ3v) is 3.24. The van der Waals surface area contributed by atoms with Gasteiger partial charge < -0.3 is 9.84 Å². The smallest absolute Gasteiger partial charge is 0.307 e. The van der Waals surface area contributed by atoms with E-state index < -0.39 is 5.97 Å². The van der Waals surface area contributed by atoms with Crippen molar-refractivity contribution >= 4 is 17.6 Å². The van der Waals surface area contributed by atoms with Gasteiger partial charge in [-0.05, 0) is 35.7 Å². The molecule has 3 nitrogen and oxygen atoms in total. The minimum atomic E-state index is -0.856. The molecule has 0 amide bonds. The first-order valence-electron chi connectivity index (χ1n) is 6.24. The summed E-state index contributed by atoms with van der Waals surface area (Å²) in [5, 5.41) is 9.44. The van der Waals surface area contributed by atoms with E-state index in [4.69, 9.17) is 21.4 Å². The second kappa shape index (κ2) is 6.44. The third kappa shape index (κ3) is 3.75. The molecule has 2 aromatic carbocycles. The number of benzene rings is 2. The number of carboxylic acids is 1. The van der Waals surface area contributed by atoms with Crippen LogP contribution in [0.2, 0.25) is 5.02 Å². The molecule has 0 aliphatic rings. The van der Waals surface area contributed by atoms with Crippen molar-refractivity contribution in [3.63, 3.8) is 0 Å². The summed E-state index contributed by atoms with van der Waals surface area (Å²) in [5.41, 5.74) is 2.67. The van der Waals surface area contributed by atoms with Crippen LogP contribution in [0.15, 0.2) is 42.5 Å². The molecule has 0 radical (unpaired) electrons. The topological polar surface area (TPSA) is 46.5 Å². The Morgan fingerprint density at radius 3 is 2.60 bits per heavy atom. The van der Waals surface area contributed by atoms with E-state index >= 15 is 0 Å². The van der Waals surface area contributed by atoms with Crippen LogP contribution in [-0.4, -0.2) is 11.1 Å². The predicted molar refractivity (Wildman–Crippen MR) is 78.3 cm³/mol. The number of aryl methyl sites for hydroxylation is 1. The number of hydrogen-bond donors (Lipinski definition) is 1. The molecule has 4 heteroatoms. The summed E-state index contributed by atoms with van der Waals surface area (Å²) in [6, 6.07) is 12.9. The number of ether oxygens (including phenoxy) is 1. The van der Waals surface area contributed by atoms with Crippen molar-refractivity contribution < 1.29 is 14.6 Å². The van der Waals surface area contributed by atoms with Gasteiger partial charge in [-0.2, -0.15) is 0 Å². The van der Waals surface area contributed by atoms with Gasteiger partial charge in [-0.25, -0.2) is 0 Å². The zero-order valence-corrected chi connectivity index (χ0v) is 11.9. The average Bonchev–Trinajstić information content (AvgIpc) is 2.41. The normalized spacial score (nSPS) is 10.3. The molecule has 0 aromatic heterocycles. The van der Waals surface area contributed by atoms with Gasteiger partial charge in [-0.3, -0.25) is 4.79 Å². The molecule has 0 saturated carbocycles. The molecule has 2 aromatic rings. The molecular weight excluding hydrogens is 276 g/mol. The molecule has 20 heavy (non-hydrogen) atoms. The fourth-order valence-electron chi connectivity index (χ4n) is 1.91. The highest BCUT2D eigenvalue weighted by Crippen LogP contribution is 2.26. The fourth-order valence-corrected chi connectivity index (χ4v) is 2.08. The van der Waals surface area contributed by atoms with Gasteiger partial charge in [0.15, 0.2) is 0 Å². The van der Waals surface area contributed by atoms with E-state index in [0.29, 0.717) is 17.4 Å². The van der Waals surface area contributed by atoms with Gasteiger partial charge in [0.05, 0.1) is 11.4 Å². The second-order valence-electron chi connectivity index (χ2n) is 4.56. The van der Waals surface area contributed by atoms with Crippen molar-refractivity contribution in [2.24, 2.45) is 0 Å². The van der Waals surface area contributed by atoms with Crippen LogP contribution in [0, 0.1) is 6.92 Å². The summed E-state index contributed by atoms with van der Waals surface area (Å²) in [6.45, 7) is 2.26. The van der Waals surface area contributed by atoms with Crippen molar-refractivity contribution in [2.75, 3.05) is 0 Å². The maximum absolute atomic E-state index is 10.8. The predicted octanol–water partition coefficient (Wildman–Crippen LogP) is 3.85. The van der Waals surface area contributed by atoms with Crippen LogP contribution in [0.1, 0.15) is 16.7 Å². The Morgan fingerprint density at radius 2 is 1.90 bits per heavy atom. The van der Waals surface area contributed by atoms with Crippen LogP contribution in [0.25, 0.3) is 0 Å². The number of carboxylic acid groups (broad SMARTS) is 1. The molecule has 0 saturated heterocycles. The number of aliphatic carboxylic acids is 1. The molecule has 1 N–H and O–H groups in total. The lowest BCUT2D eigenvalue weighted by atomic mass is 10.1. The van der Waals surface area contributed by atoms with Gasteiger partial charge in [0.2, 0.25) is 0 Å². The standard InChI is InChI=1S/C16H15ClO3/c1-11-6-7-14(17)15(8-11)20-10-13-5-3-2-4-12(13)9-16(18)19/h2-8H,9-10H2,1H3,(H,18,19). The van der Waals surface area contributed by atoms with E-state index in [2.05, 4.69) is 0 Å². The molecule has 0 unspecified atom stereocenters. The first-order chi connectivity index (χ1) is 9.56. The first-order valence-corrected chi connectivity index (χ1v) is 6.61. The van der Waals surface area contributed by atoms with Crippen LogP contribution < -0.4 is 4.74 Å². The lowest BCUT2D eigenvalue weighted by molar-refractivity contribution is -0.136. The van der Waals surface area contributed by atoms with Gasteiger partial charge in [0.1, 0.15) is 12.4 Å². The first kappa shape index (κ1) is 14.4. The summed E-state index contributed by atoms with van der Waals surface area (Å²) >= 11 is 6.07. The lowest BCUT2D eigenvalue weighted by Gasteiger charge is -2.11. The lowest BCUT2D eigenvalue weighted by Crippen LogP contribution is -2.06. The second-order valence-corrected chi connectivity index (χ2v) is 4.97. The van der Waals surface area contributed by atoms with Crippen molar-refractivity contribution in [3.8, 4) is 5.75 Å². The van der Waals surface area contributed by atoms with Gasteiger partial charge in [0, 0.05) is 0 Å². The summed E-state index contributed by atoms with van der Waals surface area (Å²) < 4.78 is 5.70. The summed E-state index contributed by atoms with van der Waals surface area (Å²) in [6.07, 6.45) is -0.0128. The molecular formula is C16H15ClO3. The summed E-state index contributed by atoms with van der Waals surface area (Å²) in [7, 11) is 0. The maximum Gasteiger partial charge on any atom is 0.307 e. The van der Waals surface area contributed by atoms with Gasteiger partial charge >= 0.3 is 5.97 Å². The monoisotopic (exact) mass is 290 g/mol. The molecule has 0 fully saturated rings. The fraction of sp³-hybridized carbons (Fsp3) is 0.188. The molecule has 2 rings (SSSR count). The quantitative estimate of drug-likeness (QED) is 0.909. The van der Waals surface area contributed by atoms with Crippen molar-refractivity contribution in [3.05, 3.63) is 64.2 Å². The Kier molecular flexibility index (Phi) is 4.64. The minimum Gasteiger partial charge on any atom is -0.487 e. The van der Waals surface area contributed by atoms with Crippen molar-refractivity contribution in [1.29, 1.82) is 0 Å².